The van der Waals surface area contributed by atoms with Crippen LogP contribution in [0.4, 0.5) is 11.6 Å². The molecule has 5 heterocycles. The Balaban J connectivity index is 0.000000148. The monoisotopic (exact) mass is 838 g/mol. The molecular formula is C47H58N12O3. The molecule has 6 aliphatic rings. The normalized spacial score (nSPS) is 23.3. The zero-order chi connectivity index (χ0) is 42.0. The maximum Gasteiger partial charge on any atom is 0.181 e. The number of morpholine rings is 2. The standard InChI is InChI=1S/C24H29N7O.C23H29N5O2/c1-15-27-23(30-29-15)17-3-2-16-13-21-22(20(16)12-17)24(26-14-25-21)28-18-4-6-19(7-5-18)31-8-10-32-11-9-31;24-13-21(29)16-2-1-15-12-20-22(19(15)11-16)23(26-14-25-20)27-17-3-5-18(6-4-17)28-7-9-30-10-8-28/h2-3,12,14,18-19H,4-11,13H2,1H3,(H,25,26,28)(H,27,29,30);1-2,11,14,17-18H,3-10,12-13,24H2,(H,25,26,27). The topological polar surface area (TPSA) is 185 Å². The summed E-state index contributed by atoms with van der Waals surface area (Å²) in [7, 11) is 0. The van der Waals surface area contributed by atoms with Gasteiger partial charge in [-0.2, -0.15) is 5.10 Å². The molecule has 4 aliphatic carbocycles. The van der Waals surface area contributed by atoms with Crippen LogP contribution in [0.1, 0.15) is 90.1 Å². The van der Waals surface area contributed by atoms with Gasteiger partial charge in [0.2, 0.25) is 0 Å². The molecule has 11 rings (SSSR count). The number of aromatic amines is 1. The van der Waals surface area contributed by atoms with Gasteiger partial charge in [0.1, 0.15) is 30.1 Å². The second-order valence-electron chi connectivity index (χ2n) is 17.7. The van der Waals surface area contributed by atoms with Gasteiger partial charge < -0.3 is 25.8 Å². The van der Waals surface area contributed by atoms with Crippen molar-refractivity contribution >= 4 is 17.4 Å². The van der Waals surface area contributed by atoms with E-state index in [1.807, 2.05) is 25.1 Å². The number of aryl methyl sites for hydroxylation is 1. The van der Waals surface area contributed by atoms with E-state index >= 15 is 0 Å². The van der Waals surface area contributed by atoms with Crippen LogP contribution >= 0.6 is 0 Å². The largest absolute Gasteiger partial charge is 0.379 e. The molecule has 0 unspecified atom stereocenters. The Morgan fingerprint density at radius 3 is 1.73 bits per heavy atom. The lowest BCUT2D eigenvalue weighted by Gasteiger charge is -2.39. The van der Waals surface area contributed by atoms with E-state index in [9.17, 15) is 4.79 Å². The Bertz CT molecular complexity index is 2380. The molecular weight excluding hydrogens is 781 g/mol. The minimum absolute atomic E-state index is 0.0222. The molecule has 62 heavy (non-hydrogen) atoms. The number of aromatic nitrogens is 7. The molecule has 2 aromatic carbocycles. The first kappa shape index (κ1) is 40.9. The summed E-state index contributed by atoms with van der Waals surface area (Å²) >= 11 is 0. The molecule has 2 saturated heterocycles. The van der Waals surface area contributed by atoms with Crippen molar-refractivity contribution in [1.29, 1.82) is 0 Å². The van der Waals surface area contributed by atoms with Crippen LogP contribution < -0.4 is 16.4 Å². The predicted molar refractivity (Wildman–Crippen MR) is 238 cm³/mol. The number of hydrogen-bond acceptors (Lipinski definition) is 14. The van der Waals surface area contributed by atoms with Crippen molar-refractivity contribution in [3.63, 3.8) is 0 Å². The minimum Gasteiger partial charge on any atom is -0.379 e. The van der Waals surface area contributed by atoms with Gasteiger partial charge in [0, 0.05) is 85.4 Å². The Morgan fingerprint density at radius 2 is 1.23 bits per heavy atom. The smallest absolute Gasteiger partial charge is 0.181 e. The fourth-order valence-electron chi connectivity index (χ4n) is 10.5. The van der Waals surface area contributed by atoms with Gasteiger partial charge in [-0.05, 0) is 92.7 Å². The van der Waals surface area contributed by atoms with Crippen LogP contribution in [0.15, 0.2) is 49.1 Å². The number of ether oxygens (including phenoxy) is 2. The van der Waals surface area contributed by atoms with Crippen molar-refractivity contribution in [2.24, 2.45) is 5.73 Å². The third-order valence-corrected chi connectivity index (χ3v) is 13.9. The number of anilines is 2. The van der Waals surface area contributed by atoms with Crippen LogP contribution in [-0.4, -0.2) is 134 Å². The highest BCUT2D eigenvalue weighted by Gasteiger charge is 2.32. The zero-order valence-corrected chi connectivity index (χ0v) is 35.7. The number of ketones is 1. The predicted octanol–water partition coefficient (Wildman–Crippen LogP) is 5.44. The molecule has 3 aromatic heterocycles. The van der Waals surface area contributed by atoms with E-state index in [1.165, 1.54) is 55.2 Å². The van der Waals surface area contributed by atoms with Crippen molar-refractivity contribution in [1.82, 2.24) is 44.9 Å². The van der Waals surface area contributed by atoms with E-state index in [0.29, 0.717) is 29.7 Å². The number of rotatable bonds is 9. The van der Waals surface area contributed by atoms with Gasteiger partial charge in [0.15, 0.2) is 11.6 Å². The van der Waals surface area contributed by atoms with Crippen LogP contribution in [0.25, 0.3) is 33.6 Å². The van der Waals surface area contributed by atoms with E-state index < -0.39 is 0 Å². The summed E-state index contributed by atoms with van der Waals surface area (Å²) < 4.78 is 11.0. The average molecular weight is 839 g/mol. The van der Waals surface area contributed by atoms with Crippen LogP contribution in [0.5, 0.6) is 0 Å². The van der Waals surface area contributed by atoms with Crippen LogP contribution in [0, 0.1) is 6.92 Å². The lowest BCUT2D eigenvalue weighted by Crippen LogP contribution is -2.46. The number of nitrogens with zero attached hydrogens (tertiary/aromatic N) is 8. The minimum atomic E-state index is -0.0426. The van der Waals surface area contributed by atoms with Crippen molar-refractivity contribution in [3.8, 4) is 33.6 Å². The van der Waals surface area contributed by atoms with Crippen molar-refractivity contribution < 1.29 is 14.3 Å². The number of benzene rings is 2. The number of hydrogen-bond donors (Lipinski definition) is 4. The molecule has 5 aromatic rings. The van der Waals surface area contributed by atoms with Crippen molar-refractivity contribution in [2.45, 2.75) is 95.3 Å². The van der Waals surface area contributed by atoms with Crippen LogP contribution in [-0.2, 0) is 22.3 Å². The molecule has 0 atom stereocenters. The highest BCUT2D eigenvalue weighted by atomic mass is 16.5. The first-order valence-electron chi connectivity index (χ1n) is 22.7. The van der Waals surface area contributed by atoms with Gasteiger partial charge in [-0.15, -0.1) is 0 Å². The molecule has 0 spiro atoms. The number of carbonyl (C=O) groups excluding carboxylic acids is 1. The molecule has 5 N–H and O–H groups in total. The summed E-state index contributed by atoms with van der Waals surface area (Å²) in [5, 5.41) is 14.8. The summed E-state index contributed by atoms with van der Waals surface area (Å²) in [6, 6.07) is 14.6. The molecule has 0 radical (unpaired) electrons. The molecule has 15 nitrogen and oxygen atoms in total. The molecule has 4 fully saturated rings. The zero-order valence-electron chi connectivity index (χ0n) is 35.7. The molecule has 0 bridgehead atoms. The molecule has 324 valence electrons. The number of Topliss-reactive ketones (excluding diaryl/α,β-unsaturated/α-hetero) is 1. The Morgan fingerprint density at radius 1 is 0.710 bits per heavy atom. The first-order valence-corrected chi connectivity index (χ1v) is 22.7. The van der Waals surface area contributed by atoms with Crippen LogP contribution in [0.3, 0.4) is 0 Å². The number of H-pyrrole nitrogens is 1. The van der Waals surface area contributed by atoms with Gasteiger partial charge in [-0.1, -0.05) is 24.3 Å². The van der Waals surface area contributed by atoms with Gasteiger partial charge in [0.25, 0.3) is 0 Å². The second-order valence-corrected chi connectivity index (χ2v) is 17.7. The highest BCUT2D eigenvalue weighted by molar-refractivity contribution is 6.00. The van der Waals surface area contributed by atoms with E-state index in [0.717, 1.165) is 135 Å². The highest BCUT2D eigenvalue weighted by Crippen LogP contribution is 2.43. The van der Waals surface area contributed by atoms with E-state index in [2.05, 4.69) is 73.7 Å². The Hall–Kier alpha value is -5.19. The van der Waals surface area contributed by atoms with Gasteiger partial charge >= 0.3 is 0 Å². The Labute approximate surface area is 363 Å². The summed E-state index contributed by atoms with van der Waals surface area (Å²) in [5.41, 5.74) is 16.3. The summed E-state index contributed by atoms with van der Waals surface area (Å²) in [4.78, 5) is 40.2. The number of fused-ring (bicyclic) bond motifs is 6. The summed E-state index contributed by atoms with van der Waals surface area (Å²) in [6.45, 7) is 9.68. The maximum atomic E-state index is 12.1. The van der Waals surface area contributed by atoms with E-state index in [1.54, 1.807) is 12.7 Å². The summed E-state index contributed by atoms with van der Waals surface area (Å²) in [5.74, 6) is 3.36. The van der Waals surface area contributed by atoms with E-state index in [4.69, 9.17) is 15.2 Å². The lowest BCUT2D eigenvalue weighted by atomic mass is 9.89. The van der Waals surface area contributed by atoms with Gasteiger partial charge in [0.05, 0.1) is 44.4 Å². The van der Waals surface area contributed by atoms with Gasteiger partial charge in [-0.25, -0.2) is 24.9 Å². The molecule has 0 amide bonds. The van der Waals surface area contributed by atoms with Crippen molar-refractivity contribution in [3.05, 3.63) is 83.0 Å². The van der Waals surface area contributed by atoms with Gasteiger partial charge in [-0.3, -0.25) is 19.7 Å². The number of nitrogens with one attached hydrogen (secondary N) is 3. The third kappa shape index (κ3) is 8.60. The fourth-order valence-corrected chi connectivity index (χ4v) is 10.5. The fraction of sp³-hybridized carbons (Fsp3) is 0.511. The summed E-state index contributed by atoms with van der Waals surface area (Å²) in [6.07, 6.45) is 14.5. The quantitative estimate of drug-likeness (QED) is 0.135. The molecule has 15 heteroatoms. The average Bonchev–Trinajstić information content (AvgIpc) is 4.05. The third-order valence-electron chi connectivity index (χ3n) is 13.9. The second kappa shape index (κ2) is 18.3. The number of carbonyl (C=O) groups is 1. The number of nitrogens with two attached hydrogens (primary N) is 1. The van der Waals surface area contributed by atoms with Crippen molar-refractivity contribution in [2.75, 3.05) is 69.8 Å². The SMILES string of the molecule is Cc1nc(-c2ccc3c(c2)-c2c(ncnc2NC2CCC(N4CCOCC4)CC2)C3)n[nH]1.NCC(=O)c1ccc2c(c1)-c1c(ncnc1NC1CCC(N3CCOCC3)CC1)C2. The molecule has 2 saturated carbocycles. The Kier molecular flexibility index (Phi) is 12.0. The van der Waals surface area contributed by atoms with Crippen LogP contribution in [0.2, 0.25) is 0 Å². The van der Waals surface area contributed by atoms with E-state index in [-0.39, 0.29) is 12.3 Å². The lowest BCUT2D eigenvalue weighted by molar-refractivity contribution is 0.00788. The first-order chi connectivity index (χ1) is 30.5. The maximum absolute atomic E-state index is 12.1. The molecule has 2 aliphatic heterocycles.